The van der Waals surface area contributed by atoms with Crippen molar-refractivity contribution in [1.82, 2.24) is 4.98 Å². The van der Waals surface area contributed by atoms with Gasteiger partial charge in [-0.25, -0.2) is 4.98 Å². The highest BCUT2D eigenvalue weighted by Gasteiger charge is 2.14. The lowest BCUT2D eigenvalue weighted by Gasteiger charge is -2.11. The molecule has 5 nitrogen and oxygen atoms in total. The van der Waals surface area contributed by atoms with Crippen molar-refractivity contribution >= 4 is 35.0 Å². The molecular formula is C17H19N3O2S. The molecule has 0 saturated heterocycles. The molecule has 0 radical (unpaired) electrons. The SMILES string of the molecule is CC(=O)Nc1ccc(NC(=O)c2cccnc2SC(C)C)cc1. The Bertz CT molecular complexity index is 699. The van der Waals surface area contributed by atoms with Crippen LogP contribution in [-0.4, -0.2) is 22.0 Å². The zero-order valence-corrected chi connectivity index (χ0v) is 14.1. The summed E-state index contributed by atoms with van der Waals surface area (Å²) >= 11 is 1.55. The van der Waals surface area contributed by atoms with Gasteiger partial charge in [0.15, 0.2) is 0 Å². The molecule has 2 rings (SSSR count). The maximum atomic E-state index is 12.4. The minimum absolute atomic E-state index is 0.132. The van der Waals surface area contributed by atoms with Crippen molar-refractivity contribution in [2.24, 2.45) is 0 Å². The van der Waals surface area contributed by atoms with Crippen LogP contribution < -0.4 is 10.6 Å². The molecule has 0 aliphatic carbocycles. The topological polar surface area (TPSA) is 71.1 Å². The van der Waals surface area contributed by atoms with Crippen LogP contribution in [0.3, 0.4) is 0 Å². The van der Waals surface area contributed by atoms with Crippen LogP contribution in [0.1, 0.15) is 31.1 Å². The molecule has 0 aliphatic heterocycles. The van der Waals surface area contributed by atoms with Crippen molar-refractivity contribution in [1.29, 1.82) is 0 Å². The van der Waals surface area contributed by atoms with Gasteiger partial charge in [-0.05, 0) is 36.4 Å². The molecule has 1 aromatic carbocycles. The summed E-state index contributed by atoms with van der Waals surface area (Å²) < 4.78 is 0. The summed E-state index contributed by atoms with van der Waals surface area (Å²) in [5.41, 5.74) is 1.90. The molecule has 0 saturated carbocycles. The summed E-state index contributed by atoms with van der Waals surface area (Å²) in [6.07, 6.45) is 1.68. The average molecular weight is 329 g/mol. The van der Waals surface area contributed by atoms with Crippen LogP contribution in [0, 0.1) is 0 Å². The Morgan fingerprint density at radius 3 is 2.22 bits per heavy atom. The quantitative estimate of drug-likeness (QED) is 0.819. The zero-order chi connectivity index (χ0) is 16.8. The van der Waals surface area contributed by atoms with Gasteiger partial charge in [-0.1, -0.05) is 13.8 Å². The molecule has 23 heavy (non-hydrogen) atoms. The maximum absolute atomic E-state index is 12.4. The number of benzene rings is 1. The first-order valence-electron chi connectivity index (χ1n) is 7.26. The Morgan fingerprint density at radius 1 is 1.04 bits per heavy atom. The molecule has 0 fully saturated rings. The average Bonchev–Trinajstić information content (AvgIpc) is 2.48. The molecule has 0 bridgehead atoms. The number of carbonyl (C=O) groups excluding carboxylic acids is 2. The molecule has 2 aromatic rings. The number of anilines is 2. The summed E-state index contributed by atoms with van der Waals surface area (Å²) in [6, 6.07) is 10.5. The van der Waals surface area contributed by atoms with E-state index in [0.29, 0.717) is 22.2 Å². The Labute approximate surface area is 139 Å². The first kappa shape index (κ1) is 17.0. The Morgan fingerprint density at radius 2 is 1.65 bits per heavy atom. The van der Waals surface area contributed by atoms with Crippen molar-refractivity contribution in [2.75, 3.05) is 10.6 Å². The Hall–Kier alpha value is -2.34. The highest BCUT2D eigenvalue weighted by Crippen LogP contribution is 2.25. The number of carbonyl (C=O) groups is 2. The third kappa shape index (κ3) is 5.10. The van der Waals surface area contributed by atoms with E-state index in [1.807, 2.05) is 0 Å². The van der Waals surface area contributed by atoms with Crippen molar-refractivity contribution in [3.05, 3.63) is 48.2 Å². The molecule has 1 aromatic heterocycles. The number of pyridine rings is 1. The monoisotopic (exact) mass is 329 g/mol. The normalized spacial score (nSPS) is 10.4. The summed E-state index contributed by atoms with van der Waals surface area (Å²) in [6.45, 7) is 5.57. The van der Waals surface area contributed by atoms with Gasteiger partial charge in [0.1, 0.15) is 5.03 Å². The molecule has 6 heteroatoms. The Balaban J connectivity index is 2.11. The van der Waals surface area contributed by atoms with Crippen LogP contribution in [0.2, 0.25) is 0 Å². The van der Waals surface area contributed by atoms with Crippen LogP contribution in [0.4, 0.5) is 11.4 Å². The highest BCUT2D eigenvalue weighted by atomic mass is 32.2. The number of amides is 2. The van der Waals surface area contributed by atoms with Gasteiger partial charge in [-0.2, -0.15) is 0 Å². The molecule has 2 amide bonds. The third-order valence-electron chi connectivity index (χ3n) is 2.83. The van der Waals surface area contributed by atoms with Gasteiger partial charge in [0.2, 0.25) is 5.91 Å². The van der Waals surface area contributed by atoms with Crippen LogP contribution in [0.5, 0.6) is 0 Å². The van der Waals surface area contributed by atoms with Crippen LogP contribution >= 0.6 is 11.8 Å². The van der Waals surface area contributed by atoms with Gasteiger partial charge in [0.25, 0.3) is 5.91 Å². The first-order chi connectivity index (χ1) is 11.0. The molecule has 2 N–H and O–H groups in total. The molecule has 120 valence electrons. The van der Waals surface area contributed by atoms with Crippen molar-refractivity contribution in [3.8, 4) is 0 Å². The second-order valence-electron chi connectivity index (χ2n) is 5.24. The standard InChI is InChI=1S/C17H19N3O2S/c1-11(2)23-17-15(5-4-10-18-17)16(22)20-14-8-6-13(7-9-14)19-12(3)21/h4-11H,1-3H3,(H,19,21)(H,20,22). The van der Waals surface area contributed by atoms with Gasteiger partial charge in [0, 0.05) is 29.7 Å². The highest BCUT2D eigenvalue weighted by molar-refractivity contribution is 7.99. The van der Waals surface area contributed by atoms with E-state index in [2.05, 4.69) is 29.5 Å². The van der Waals surface area contributed by atoms with E-state index in [-0.39, 0.29) is 11.8 Å². The number of hydrogen-bond donors (Lipinski definition) is 2. The molecule has 0 atom stereocenters. The summed E-state index contributed by atoms with van der Waals surface area (Å²) in [7, 11) is 0. The molecule has 0 spiro atoms. The van der Waals surface area contributed by atoms with Crippen LogP contribution in [0.25, 0.3) is 0 Å². The van der Waals surface area contributed by atoms with Crippen LogP contribution in [-0.2, 0) is 4.79 Å². The third-order valence-corrected chi connectivity index (χ3v) is 3.85. The van der Waals surface area contributed by atoms with Gasteiger partial charge >= 0.3 is 0 Å². The zero-order valence-electron chi connectivity index (χ0n) is 13.3. The number of nitrogens with one attached hydrogen (secondary N) is 2. The maximum Gasteiger partial charge on any atom is 0.258 e. The van der Waals surface area contributed by atoms with Crippen LogP contribution in [0.15, 0.2) is 47.6 Å². The number of thioether (sulfide) groups is 1. The van der Waals surface area contributed by atoms with Crippen molar-refractivity contribution < 1.29 is 9.59 Å². The van der Waals surface area contributed by atoms with E-state index in [4.69, 9.17) is 0 Å². The van der Waals surface area contributed by atoms with E-state index in [9.17, 15) is 9.59 Å². The lowest BCUT2D eigenvalue weighted by molar-refractivity contribution is -0.114. The van der Waals surface area contributed by atoms with E-state index in [1.54, 1.807) is 54.4 Å². The van der Waals surface area contributed by atoms with E-state index < -0.39 is 0 Å². The fourth-order valence-corrected chi connectivity index (χ4v) is 2.78. The molecule has 0 unspecified atom stereocenters. The second-order valence-corrected chi connectivity index (χ2v) is 6.80. The van der Waals surface area contributed by atoms with E-state index >= 15 is 0 Å². The van der Waals surface area contributed by atoms with E-state index in [1.165, 1.54) is 6.92 Å². The summed E-state index contributed by atoms with van der Waals surface area (Å²) in [5.74, 6) is -0.332. The predicted octanol–water partition coefficient (Wildman–Crippen LogP) is 3.79. The smallest absolute Gasteiger partial charge is 0.258 e. The number of nitrogens with zero attached hydrogens (tertiary/aromatic N) is 1. The fourth-order valence-electron chi connectivity index (χ4n) is 1.92. The lowest BCUT2D eigenvalue weighted by Crippen LogP contribution is -2.14. The van der Waals surface area contributed by atoms with Crippen molar-refractivity contribution in [3.63, 3.8) is 0 Å². The van der Waals surface area contributed by atoms with Gasteiger partial charge < -0.3 is 10.6 Å². The molecule has 0 aliphatic rings. The first-order valence-corrected chi connectivity index (χ1v) is 8.14. The number of aromatic nitrogens is 1. The summed E-state index contributed by atoms with van der Waals surface area (Å²) in [5, 5.41) is 6.59. The van der Waals surface area contributed by atoms with Gasteiger partial charge in [0.05, 0.1) is 5.56 Å². The Kier molecular flexibility index (Phi) is 5.76. The van der Waals surface area contributed by atoms with E-state index in [0.717, 1.165) is 5.03 Å². The lowest BCUT2D eigenvalue weighted by atomic mass is 10.2. The predicted molar refractivity (Wildman–Crippen MR) is 93.9 cm³/mol. The minimum atomic E-state index is -0.200. The van der Waals surface area contributed by atoms with Gasteiger partial charge in [-0.15, -0.1) is 11.8 Å². The van der Waals surface area contributed by atoms with Crippen molar-refractivity contribution in [2.45, 2.75) is 31.0 Å². The molecule has 1 heterocycles. The second kappa shape index (κ2) is 7.78. The minimum Gasteiger partial charge on any atom is -0.326 e. The van der Waals surface area contributed by atoms with Gasteiger partial charge in [-0.3, -0.25) is 9.59 Å². The number of rotatable bonds is 5. The summed E-state index contributed by atoms with van der Waals surface area (Å²) in [4.78, 5) is 27.7. The largest absolute Gasteiger partial charge is 0.326 e. The number of hydrogen-bond acceptors (Lipinski definition) is 4. The molecular weight excluding hydrogens is 310 g/mol. The fraction of sp³-hybridized carbons (Fsp3) is 0.235.